The smallest absolute Gasteiger partial charge is 0.233 e. The standard InChI is InChI=1S/C17H19BrN2O3/c18-11-4-3-5-12(10-11)19-15(21)8-9-20-16(22)13-6-1-2-7-14(13)17(20)23/h3-5,10,13-14H,1-2,6-9H2,(H,19,21)/t13-,14-/m0/s1. The number of benzene rings is 1. The molecule has 1 N–H and O–H groups in total. The van der Waals surface area contributed by atoms with Crippen LogP contribution >= 0.6 is 15.9 Å². The lowest BCUT2D eigenvalue weighted by Gasteiger charge is -2.19. The van der Waals surface area contributed by atoms with E-state index in [0.29, 0.717) is 5.69 Å². The minimum atomic E-state index is -0.196. The number of hydrogen-bond acceptors (Lipinski definition) is 3. The minimum Gasteiger partial charge on any atom is -0.326 e. The van der Waals surface area contributed by atoms with E-state index in [2.05, 4.69) is 21.2 Å². The summed E-state index contributed by atoms with van der Waals surface area (Å²) in [5.74, 6) is -0.669. The highest BCUT2D eigenvalue weighted by atomic mass is 79.9. The summed E-state index contributed by atoms with van der Waals surface area (Å²) in [6.07, 6.45) is 3.75. The number of nitrogens with zero attached hydrogens (tertiary/aromatic N) is 1. The Morgan fingerprint density at radius 3 is 2.43 bits per heavy atom. The second-order valence-electron chi connectivity index (χ2n) is 6.13. The Balaban J connectivity index is 1.56. The van der Waals surface area contributed by atoms with Gasteiger partial charge in [-0.2, -0.15) is 0 Å². The van der Waals surface area contributed by atoms with Gasteiger partial charge in [0.2, 0.25) is 17.7 Å². The quantitative estimate of drug-likeness (QED) is 0.818. The van der Waals surface area contributed by atoms with Crippen molar-refractivity contribution < 1.29 is 14.4 Å². The number of nitrogens with one attached hydrogen (secondary N) is 1. The fourth-order valence-electron chi connectivity index (χ4n) is 3.45. The van der Waals surface area contributed by atoms with E-state index >= 15 is 0 Å². The highest BCUT2D eigenvalue weighted by Gasteiger charge is 2.47. The zero-order valence-corrected chi connectivity index (χ0v) is 14.3. The summed E-state index contributed by atoms with van der Waals surface area (Å²) >= 11 is 3.35. The van der Waals surface area contributed by atoms with Crippen LogP contribution < -0.4 is 5.32 Å². The Kier molecular flexibility index (Phi) is 4.80. The summed E-state index contributed by atoms with van der Waals surface area (Å²) in [5, 5.41) is 2.78. The molecular weight excluding hydrogens is 360 g/mol. The van der Waals surface area contributed by atoms with Gasteiger partial charge in [-0.25, -0.2) is 0 Å². The SMILES string of the molecule is O=C(CCN1C(=O)[C@H]2CCCC[C@@H]2C1=O)Nc1cccc(Br)c1. The topological polar surface area (TPSA) is 66.5 Å². The van der Waals surface area contributed by atoms with Crippen molar-refractivity contribution >= 4 is 39.3 Å². The van der Waals surface area contributed by atoms with Gasteiger partial charge in [0, 0.05) is 23.1 Å². The molecule has 2 fully saturated rings. The minimum absolute atomic E-state index is 0.0880. The molecule has 1 aromatic carbocycles. The van der Waals surface area contributed by atoms with Gasteiger partial charge in [0.05, 0.1) is 11.8 Å². The van der Waals surface area contributed by atoms with E-state index in [0.717, 1.165) is 30.2 Å². The number of fused-ring (bicyclic) bond motifs is 1. The van der Waals surface area contributed by atoms with E-state index in [1.807, 2.05) is 12.1 Å². The molecule has 122 valence electrons. The largest absolute Gasteiger partial charge is 0.326 e. The summed E-state index contributed by atoms with van der Waals surface area (Å²) in [6, 6.07) is 7.30. The molecule has 1 saturated carbocycles. The Morgan fingerprint density at radius 1 is 1.17 bits per heavy atom. The van der Waals surface area contributed by atoms with Crippen molar-refractivity contribution in [3.05, 3.63) is 28.7 Å². The molecule has 3 rings (SSSR count). The Labute approximate surface area is 143 Å². The molecule has 0 spiro atoms. The Hall–Kier alpha value is -1.69. The Bertz CT molecular complexity index is 622. The van der Waals surface area contributed by atoms with E-state index in [4.69, 9.17) is 0 Å². The van der Waals surface area contributed by atoms with Crippen molar-refractivity contribution in [3.8, 4) is 0 Å². The van der Waals surface area contributed by atoms with Crippen LogP contribution in [-0.2, 0) is 14.4 Å². The van der Waals surface area contributed by atoms with Crippen LogP contribution in [0, 0.1) is 11.8 Å². The number of halogens is 1. The molecule has 0 radical (unpaired) electrons. The number of carbonyl (C=O) groups excluding carboxylic acids is 3. The average molecular weight is 379 g/mol. The molecule has 1 aliphatic heterocycles. The van der Waals surface area contributed by atoms with Crippen LogP contribution in [0.3, 0.4) is 0 Å². The van der Waals surface area contributed by atoms with Crippen LogP contribution in [0.4, 0.5) is 5.69 Å². The van der Waals surface area contributed by atoms with Crippen LogP contribution in [-0.4, -0.2) is 29.2 Å². The molecule has 2 atom stereocenters. The molecule has 1 aromatic rings. The average Bonchev–Trinajstić information content (AvgIpc) is 2.77. The summed E-state index contributed by atoms with van der Waals surface area (Å²) in [4.78, 5) is 38.0. The lowest BCUT2D eigenvalue weighted by molar-refractivity contribution is -0.140. The zero-order valence-electron chi connectivity index (χ0n) is 12.8. The van der Waals surface area contributed by atoms with Gasteiger partial charge in [-0.15, -0.1) is 0 Å². The number of imide groups is 1. The maximum Gasteiger partial charge on any atom is 0.233 e. The highest BCUT2D eigenvalue weighted by Crippen LogP contribution is 2.37. The van der Waals surface area contributed by atoms with Crippen molar-refractivity contribution in [3.63, 3.8) is 0 Å². The molecule has 0 unspecified atom stereocenters. The van der Waals surface area contributed by atoms with Gasteiger partial charge in [-0.05, 0) is 31.0 Å². The lowest BCUT2D eigenvalue weighted by atomic mass is 9.81. The predicted molar refractivity (Wildman–Crippen MR) is 89.6 cm³/mol. The first-order valence-electron chi connectivity index (χ1n) is 7.97. The van der Waals surface area contributed by atoms with Crippen LogP contribution in [0.25, 0.3) is 0 Å². The summed E-state index contributed by atoms with van der Waals surface area (Å²) in [6.45, 7) is 0.171. The molecule has 23 heavy (non-hydrogen) atoms. The monoisotopic (exact) mass is 378 g/mol. The highest BCUT2D eigenvalue weighted by molar-refractivity contribution is 9.10. The molecule has 6 heteroatoms. The van der Waals surface area contributed by atoms with Crippen LogP contribution in [0.15, 0.2) is 28.7 Å². The summed E-state index contributed by atoms with van der Waals surface area (Å²) in [5.41, 5.74) is 0.692. The third-order valence-electron chi connectivity index (χ3n) is 4.60. The second-order valence-corrected chi connectivity index (χ2v) is 7.05. The molecule has 1 saturated heterocycles. The van der Waals surface area contributed by atoms with Gasteiger partial charge in [0.25, 0.3) is 0 Å². The van der Waals surface area contributed by atoms with E-state index < -0.39 is 0 Å². The van der Waals surface area contributed by atoms with Crippen molar-refractivity contribution in [1.82, 2.24) is 4.90 Å². The van der Waals surface area contributed by atoms with Gasteiger partial charge in [-0.1, -0.05) is 34.8 Å². The fraction of sp³-hybridized carbons (Fsp3) is 0.471. The molecular formula is C17H19BrN2O3. The summed E-state index contributed by atoms with van der Waals surface area (Å²) < 4.78 is 0.879. The molecule has 0 aromatic heterocycles. The van der Waals surface area contributed by atoms with Gasteiger partial charge in [-0.3, -0.25) is 19.3 Å². The maximum absolute atomic E-state index is 12.3. The zero-order chi connectivity index (χ0) is 16.4. The number of likely N-dealkylation sites (tertiary alicyclic amines) is 1. The first-order valence-corrected chi connectivity index (χ1v) is 8.76. The van der Waals surface area contributed by atoms with Crippen molar-refractivity contribution in [2.45, 2.75) is 32.1 Å². The number of carbonyl (C=O) groups is 3. The van der Waals surface area contributed by atoms with E-state index in [9.17, 15) is 14.4 Å². The van der Waals surface area contributed by atoms with Crippen LogP contribution in [0.5, 0.6) is 0 Å². The number of rotatable bonds is 4. The molecule has 1 heterocycles. The first kappa shape index (κ1) is 16.2. The van der Waals surface area contributed by atoms with E-state index in [1.165, 1.54) is 4.90 Å². The second kappa shape index (κ2) is 6.83. The van der Waals surface area contributed by atoms with Gasteiger partial charge in [0.15, 0.2) is 0 Å². The Morgan fingerprint density at radius 2 is 1.83 bits per heavy atom. The molecule has 0 bridgehead atoms. The van der Waals surface area contributed by atoms with Gasteiger partial charge < -0.3 is 5.32 Å². The number of anilines is 1. The summed E-state index contributed by atoms with van der Waals surface area (Å²) in [7, 11) is 0. The van der Waals surface area contributed by atoms with Crippen molar-refractivity contribution in [2.24, 2.45) is 11.8 Å². The fourth-order valence-corrected chi connectivity index (χ4v) is 3.85. The predicted octanol–water partition coefficient (Wildman–Crippen LogP) is 2.95. The van der Waals surface area contributed by atoms with Crippen molar-refractivity contribution in [1.29, 1.82) is 0 Å². The first-order chi connectivity index (χ1) is 11.1. The maximum atomic E-state index is 12.3. The normalized spacial score (nSPS) is 23.8. The van der Waals surface area contributed by atoms with Crippen LogP contribution in [0.2, 0.25) is 0 Å². The number of amides is 3. The van der Waals surface area contributed by atoms with Gasteiger partial charge >= 0.3 is 0 Å². The third-order valence-corrected chi connectivity index (χ3v) is 5.10. The third kappa shape index (κ3) is 3.47. The molecule has 2 aliphatic rings. The van der Waals surface area contributed by atoms with Crippen LogP contribution in [0.1, 0.15) is 32.1 Å². The molecule has 5 nitrogen and oxygen atoms in total. The van der Waals surface area contributed by atoms with Crippen molar-refractivity contribution in [2.75, 3.05) is 11.9 Å². The van der Waals surface area contributed by atoms with Gasteiger partial charge in [0.1, 0.15) is 0 Å². The molecule has 3 amide bonds. The molecule has 1 aliphatic carbocycles. The van der Waals surface area contributed by atoms with E-state index in [-0.39, 0.29) is 42.5 Å². The van der Waals surface area contributed by atoms with E-state index in [1.54, 1.807) is 12.1 Å². The lowest BCUT2D eigenvalue weighted by Crippen LogP contribution is -2.34. The number of hydrogen-bond donors (Lipinski definition) is 1.